The molecule has 5 aromatic rings. The number of pyridine rings is 2. The quantitative estimate of drug-likeness (QED) is 0.351. The summed E-state index contributed by atoms with van der Waals surface area (Å²) < 4.78 is 2.18. The molecule has 1 aliphatic rings. The molecule has 0 aliphatic heterocycles. The maximum atomic E-state index is 4.93. The summed E-state index contributed by atoms with van der Waals surface area (Å²) in [6.07, 6.45) is 5.77. The molecule has 6 rings (SSSR count). The van der Waals surface area contributed by atoms with Crippen molar-refractivity contribution in [3.63, 3.8) is 0 Å². The zero-order valence-electron chi connectivity index (χ0n) is 17.0. The number of rotatable bonds is 2. The molecule has 0 amide bonds. The molecular formula is C27H21N3. The van der Waals surface area contributed by atoms with Crippen LogP contribution < -0.4 is 0 Å². The summed E-state index contributed by atoms with van der Waals surface area (Å²) in [7, 11) is 0. The van der Waals surface area contributed by atoms with E-state index in [4.69, 9.17) is 4.98 Å². The van der Waals surface area contributed by atoms with Gasteiger partial charge >= 0.3 is 0 Å². The Labute approximate surface area is 175 Å². The van der Waals surface area contributed by atoms with Gasteiger partial charge in [-0.2, -0.15) is 0 Å². The monoisotopic (exact) mass is 387 g/mol. The van der Waals surface area contributed by atoms with E-state index < -0.39 is 0 Å². The van der Waals surface area contributed by atoms with Gasteiger partial charge in [0.2, 0.25) is 0 Å². The molecule has 3 heteroatoms. The van der Waals surface area contributed by atoms with Crippen molar-refractivity contribution in [1.29, 1.82) is 0 Å². The van der Waals surface area contributed by atoms with Gasteiger partial charge in [-0.25, -0.2) is 4.98 Å². The first kappa shape index (κ1) is 17.2. The molecule has 0 saturated carbocycles. The van der Waals surface area contributed by atoms with Crippen LogP contribution in [-0.4, -0.2) is 14.5 Å². The van der Waals surface area contributed by atoms with Crippen LogP contribution in [0.25, 0.3) is 39.1 Å². The van der Waals surface area contributed by atoms with E-state index in [9.17, 15) is 0 Å². The third-order valence-electron chi connectivity index (χ3n) is 6.35. The van der Waals surface area contributed by atoms with Crippen LogP contribution in [0, 0.1) is 0 Å². The van der Waals surface area contributed by atoms with Crippen molar-refractivity contribution in [2.45, 2.75) is 19.3 Å². The lowest BCUT2D eigenvalue weighted by molar-refractivity contribution is 0.661. The van der Waals surface area contributed by atoms with E-state index in [2.05, 4.69) is 84.2 Å². The van der Waals surface area contributed by atoms with Crippen LogP contribution in [0.15, 0.2) is 91.4 Å². The SMILES string of the molecule is CC1(C)c2ccccc2-c2c1ccc1c2ccn1-c1cccc(-c2cccnc2)n1. The van der Waals surface area contributed by atoms with E-state index in [0.717, 1.165) is 17.1 Å². The maximum absolute atomic E-state index is 4.93. The molecule has 0 bridgehead atoms. The molecule has 0 N–H and O–H groups in total. The summed E-state index contributed by atoms with van der Waals surface area (Å²) >= 11 is 0. The van der Waals surface area contributed by atoms with Gasteiger partial charge in [0.05, 0.1) is 11.2 Å². The number of nitrogens with zero attached hydrogens (tertiary/aromatic N) is 3. The number of fused-ring (bicyclic) bond motifs is 5. The molecule has 2 aromatic carbocycles. The summed E-state index contributed by atoms with van der Waals surface area (Å²) in [5.41, 5.74) is 8.64. The largest absolute Gasteiger partial charge is 0.301 e. The van der Waals surface area contributed by atoms with E-state index in [1.165, 1.54) is 33.2 Å². The minimum Gasteiger partial charge on any atom is -0.301 e. The second kappa shape index (κ2) is 6.14. The minimum absolute atomic E-state index is 0.0146. The summed E-state index contributed by atoms with van der Waals surface area (Å²) in [5.74, 6) is 0.914. The Morgan fingerprint density at radius 1 is 0.800 bits per heavy atom. The van der Waals surface area contributed by atoms with Gasteiger partial charge in [0.1, 0.15) is 5.82 Å². The van der Waals surface area contributed by atoms with Gasteiger partial charge in [-0.3, -0.25) is 4.98 Å². The van der Waals surface area contributed by atoms with Crippen LogP contribution in [0.1, 0.15) is 25.0 Å². The topological polar surface area (TPSA) is 30.7 Å². The van der Waals surface area contributed by atoms with Crippen molar-refractivity contribution >= 4 is 10.9 Å². The summed E-state index contributed by atoms with van der Waals surface area (Å²) in [5, 5.41) is 1.28. The Morgan fingerprint density at radius 3 is 2.57 bits per heavy atom. The Balaban J connectivity index is 1.56. The number of aromatic nitrogens is 3. The van der Waals surface area contributed by atoms with Crippen molar-refractivity contribution in [2.75, 3.05) is 0 Å². The van der Waals surface area contributed by atoms with Crippen LogP contribution >= 0.6 is 0 Å². The standard InChI is InChI=1S/C27H21N3/c1-27(2)21-9-4-3-8-19(21)26-20-14-16-30(24(20)13-12-22(26)27)25-11-5-10-23(29-25)18-7-6-15-28-17-18/h3-17H,1-2H3. The van der Waals surface area contributed by atoms with Crippen LogP contribution in [0.3, 0.4) is 0 Å². The van der Waals surface area contributed by atoms with Gasteiger partial charge in [-0.15, -0.1) is 0 Å². The Morgan fingerprint density at radius 2 is 1.70 bits per heavy atom. The maximum Gasteiger partial charge on any atom is 0.137 e. The van der Waals surface area contributed by atoms with Gasteiger partial charge in [0.25, 0.3) is 0 Å². The van der Waals surface area contributed by atoms with Gasteiger partial charge in [0, 0.05) is 35.0 Å². The molecule has 3 heterocycles. The van der Waals surface area contributed by atoms with E-state index >= 15 is 0 Å². The summed E-state index contributed by atoms with van der Waals surface area (Å²) in [4.78, 5) is 9.16. The first-order chi connectivity index (χ1) is 14.6. The smallest absolute Gasteiger partial charge is 0.137 e. The van der Waals surface area contributed by atoms with Crippen LogP contribution in [0.5, 0.6) is 0 Å². The number of benzene rings is 2. The van der Waals surface area contributed by atoms with E-state index in [0.29, 0.717) is 0 Å². The Bertz CT molecular complexity index is 1410. The molecule has 0 spiro atoms. The molecule has 0 fully saturated rings. The van der Waals surface area contributed by atoms with Gasteiger partial charge in [-0.05, 0) is 58.7 Å². The summed E-state index contributed by atoms with van der Waals surface area (Å²) in [6.45, 7) is 4.64. The van der Waals surface area contributed by atoms with Crippen LogP contribution in [0.2, 0.25) is 0 Å². The molecule has 3 aromatic heterocycles. The van der Waals surface area contributed by atoms with Crippen molar-refractivity contribution in [3.05, 3.63) is 103 Å². The molecule has 0 radical (unpaired) electrons. The van der Waals surface area contributed by atoms with Gasteiger partial charge < -0.3 is 4.57 Å². The second-order valence-electron chi connectivity index (χ2n) is 8.40. The van der Waals surface area contributed by atoms with E-state index in [1.54, 1.807) is 6.20 Å². The highest BCUT2D eigenvalue weighted by Crippen LogP contribution is 2.51. The molecule has 3 nitrogen and oxygen atoms in total. The van der Waals surface area contributed by atoms with Crippen LogP contribution in [0.4, 0.5) is 0 Å². The molecule has 0 atom stereocenters. The van der Waals surface area contributed by atoms with Gasteiger partial charge in [-0.1, -0.05) is 50.2 Å². The van der Waals surface area contributed by atoms with Crippen LogP contribution in [-0.2, 0) is 5.41 Å². The zero-order valence-corrected chi connectivity index (χ0v) is 17.0. The first-order valence-electron chi connectivity index (χ1n) is 10.3. The molecule has 30 heavy (non-hydrogen) atoms. The fraction of sp³-hybridized carbons (Fsp3) is 0.111. The number of hydrogen-bond acceptors (Lipinski definition) is 2. The fourth-order valence-electron chi connectivity index (χ4n) is 4.85. The van der Waals surface area contributed by atoms with E-state index in [-0.39, 0.29) is 5.41 Å². The molecule has 1 aliphatic carbocycles. The Kier molecular flexibility index (Phi) is 3.51. The van der Waals surface area contributed by atoms with Crippen molar-refractivity contribution in [3.8, 4) is 28.2 Å². The number of hydrogen-bond donors (Lipinski definition) is 0. The predicted molar refractivity (Wildman–Crippen MR) is 122 cm³/mol. The normalized spacial score (nSPS) is 13.9. The molecular weight excluding hydrogens is 366 g/mol. The van der Waals surface area contributed by atoms with Crippen molar-refractivity contribution in [1.82, 2.24) is 14.5 Å². The highest BCUT2D eigenvalue weighted by molar-refractivity contribution is 6.02. The van der Waals surface area contributed by atoms with E-state index in [1.807, 2.05) is 24.4 Å². The molecule has 0 unspecified atom stereocenters. The highest BCUT2D eigenvalue weighted by atomic mass is 15.1. The zero-order chi connectivity index (χ0) is 20.3. The fourth-order valence-corrected chi connectivity index (χ4v) is 4.85. The predicted octanol–water partition coefficient (Wildman–Crippen LogP) is 6.39. The lowest BCUT2D eigenvalue weighted by atomic mass is 9.82. The molecule has 0 saturated heterocycles. The first-order valence-corrected chi connectivity index (χ1v) is 10.3. The van der Waals surface area contributed by atoms with Crippen molar-refractivity contribution in [2.24, 2.45) is 0 Å². The highest BCUT2D eigenvalue weighted by Gasteiger charge is 2.36. The second-order valence-corrected chi connectivity index (χ2v) is 8.40. The molecule has 144 valence electrons. The third kappa shape index (κ3) is 2.32. The minimum atomic E-state index is 0.0146. The lowest BCUT2D eigenvalue weighted by Crippen LogP contribution is -2.14. The van der Waals surface area contributed by atoms with Crippen molar-refractivity contribution < 1.29 is 0 Å². The lowest BCUT2D eigenvalue weighted by Gasteiger charge is -2.21. The van der Waals surface area contributed by atoms with Gasteiger partial charge in [0.15, 0.2) is 0 Å². The Hall–Kier alpha value is -3.72. The third-order valence-corrected chi connectivity index (χ3v) is 6.35. The average molecular weight is 387 g/mol. The summed E-state index contributed by atoms with van der Waals surface area (Å²) in [6, 6.07) is 25.7. The average Bonchev–Trinajstić information content (AvgIpc) is 3.32.